The summed E-state index contributed by atoms with van der Waals surface area (Å²) in [6, 6.07) is 7.48. The second-order valence-electron chi connectivity index (χ2n) is 5.04. The van der Waals surface area contributed by atoms with Crippen molar-refractivity contribution in [2.45, 2.75) is 11.1 Å². The fourth-order valence-electron chi connectivity index (χ4n) is 1.94. The summed E-state index contributed by atoms with van der Waals surface area (Å²) in [5.41, 5.74) is -1.20. The van der Waals surface area contributed by atoms with Gasteiger partial charge in [-0.3, -0.25) is 4.72 Å². The van der Waals surface area contributed by atoms with E-state index in [9.17, 15) is 26.4 Å². The van der Waals surface area contributed by atoms with Crippen molar-refractivity contribution in [1.82, 2.24) is 0 Å². The van der Waals surface area contributed by atoms with Crippen LogP contribution in [0.5, 0.6) is 0 Å². The predicted octanol–water partition coefficient (Wildman–Crippen LogP) is 4.26. The lowest BCUT2D eigenvalue weighted by Gasteiger charge is -2.13. The molecule has 0 saturated carbocycles. The molecule has 0 fully saturated rings. The number of carboxylic acid groups (broad SMARTS) is 1. The van der Waals surface area contributed by atoms with Gasteiger partial charge in [-0.2, -0.15) is 13.2 Å². The average molecular weight is 406 g/mol. The highest BCUT2D eigenvalue weighted by Gasteiger charge is 2.31. The molecule has 26 heavy (non-hydrogen) atoms. The number of anilines is 1. The zero-order chi connectivity index (χ0) is 19.5. The smallest absolute Gasteiger partial charge is 0.416 e. The Morgan fingerprint density at radius 3 is 2.46 bits per heavy atom. The highest BCUT2D eigenvalue weighted by molar-refractivity contribution is 7.92. The highest BCUT2D eigenvalue weighted by Crippen LogP contribution is 2.34. The average Bonchev–Trinajstić information content (AvgIpc) is 2.54. The Kier molecular flexibility index (Phi) is 5.62. The van der Waals surface area contributed by atoms with Gasteiger partial charge in [-0.1, -0.05) is 23.7 Å². The van der Waals surface area contributed by atoms with Crippen LogP contribution in [-0.2, 0) is 21.0 Å². The van der Waals surface area contributed by atoms with E-state index < -0.39 is 33.4 Å². The molecule has 0 aliphatic carbocycles. The van der Waals surface area contributed by atoms with Crippen molar-refractivity contribution in [2.75, 3.05) is 4.72 Å². The number of sulfonamides is 1. The molecule has 0 radical (unpaired) electrons. The van der Waals surface area contributed by atoms with Gasteiger partial charge < -0.3 is 5.11 Å². The largest absolute Gasteiger partial charge is 0.478 e. The van der Waals surface area contributed by atoms with E-state index in [-0.39, 0.29) is 15.5 Å². The van der Waals surface area contributed by atoms with E-state index in [1.807, 2.05) is 4.72 Å². The van der Waals surface area contributed by atoms with Crippen LogP contribution in [0.1, 0.15) is 11.1 Å². The molecule has 0 spiro atoms. The van der Waals surface area contributed by atoms with Gasteiger partial charge in [0.15, 0.2) is 0 Å². The summed E-state index contributed by atoms with van der Waals surface area (Å²) in [5.74, 6) is -1.22. The van der Waals surface area contributed by atoms with E-state index in [4.69, 9.17) is 16.7 Å². The number of aliphatic carboxylic acids is 1. The quantitative estimate of drug-likeness (QED) is 0.728. The number of carboxylic acids is 1. The minimum Gasteiger partial charge on any atom is -0.478 e. The minimum absolute atomic E-state index is 0.205. The summed E-state index contributed by atoms with van der Waals surface area (Å²) < 4.78 is 65.2. The number of alkyl halides is 3. The summed E-state index contributed by atoms with van der Waals surface area (Å²) in [6.45, 7) is 0. The van der Waals surface area contributed by atoms with E-state index in [1.54, 1.807) is 0 Å². The maximum Gasteiger partial charge on any atom is 0.416 e. The van der Waals surface area contributed by atoms with Crippen LogP contribution >= 0.6 is 11.6 Å². The normalized spacial score (nSPS) is 12.3. The fourth-order valence-corrected chi connectivity index (χ4v) is 3.28. The van der Waals surface area contributed by atoms with Gasteiger partial charge >= 0.3 is 12.1 Å². The molecule has 138 valence electrons. The van der Waals surface area contributed by atoms with Crippen LogP contribution in [-0.4, -0.2) is 19.5 Å². The molecule has 2 rings (SSSR count). The van der Waals surface area contributed by atoms with Crippen LogP contribution < -0.4 is 4.72 Å². The Balaban J connectivity index is 2.38. The SMILES string of the molecule is O=C(O)/C=C/c1cccc(S(=O)(=O)Nc2cc(C(F)(F)F)ccc2Cl)c1. The second kappa shape index (κ2) is 7.38. The summed E-state index contributed by atoms with van der Waals surface area (Å²) in [7, 11) is -4.24. The van der Waals surface area contributed by atoms with E-state index in [2.05, 4.69) is 0 Å². The molecular weight excluding hydrogens is 395 g/mol. The molecule has 2 aromatic rings. The molecule has 2 N–H and O–H groups in total. The van der Waals surface area contributed by atoms with Crippen LogP contribution in [0.4, 0.5) is 18.9 Å². The van der Waals surface area contributed by atoms with Gasteiger partial charge in [0.2, 0.25) is 0 Å². The molecular formula is C16H11ClF3NO4S. The molecule has 0 heterocycles. The van der Waals surface area contributed by atoms with Crippen molar-refractivity contribution in [1.29, 1.82) is 0 Å². The van der Waals surface area contributed by atoms with E-state index >= 15 is 0 Å². The third kappa shape index (κ3) is 4.99. The van der Waals surface area contributed by atoms with Gasteiger partial charge in [0.25, 0.3) is 10.0 Å². The summed E-state index contributed by atoms with van der Waals surface area (Å²) in [6.07, 6.45) is -2.66. The molecule has 0 unspecified atom stereocenters. The molecule has 0 aliphatic heterocycles. The summed E-state index contributed by atoms with van der Waals surface area (Å²) in [5, 5.41) is 8.39. The third-order valence-corrected chi connectivity index (χ3v) is 4.82. The van der Waals surface area contributed by atoms with Gasteiger partial charge in [-0.25, -0.2) is 13.2 Å². The maximum atomic E-state index is 12.8. The highest BCUT2D eigenvalue weighted by atomic mass is 35.5. The number of halogens is 4. The Labute approximate surface area is 151 Å². The lowest BCUT2D eigenvalue weighted by Crippen LogP contribution is -2.14. The zero-order valence-corrected chi connectivity index (χ0v) is 14.4. The molecule has 0 aromatic heterocycles. The van der Waals surface area contributed by atoms with E-state index in [0.717, 1.165) is 18.2 Å². The van der Waals surface area contributed by atoms with Crippen molar-refractivity contribution in [3.63, 3.8) is 0 Å². The molecule has 0 amide bonds. The number of nitrogens with one attached hydrogen (secondary N) is 1. The number of carbonyl (C=O) groups is 1. The Morgan fingerprint density at radius 1 is 1.15 bits per heavy atom. The van der Waals surface area contributed by atoms with Crippen LogP contribution in [0.15, 0.2) is 53.4 Å². The number of hydrogen-bond donors (Lipinski definition) is 2. The Bertz CT molecular complexity index is 972. The number of benzene rings is 2. The summed E-state index contributed by atoms with van der Waals surface area (Å²) >= 11 is 5.78. The zero-order valence-electron chi connectivity index (χ0n) is 12.8. The Hall–Kier alpha value is -2.52. The molecule has 0 bridgehead atoms. The lowest BCUT2D eigenvalue weighted by molar-refractivity contribution is -0.137. The van der Waals surface area contributed by atoms with Crippen LogP contribution in [0.2, 0.25) is 5.02 Å². The van der Waals surface area contributed by atoms with Crippen molar-refractivity contribution in [2.24, 2.45) is 0 Å². The molecule has 2 aromatic carbocycles. The van der Waals surface area contributed by atoms with Gasteiger partial charge in [0, 0.05) is 6.08 Å². The van der Waals surface area contributed by atoms with Gasteiger partial charge in [0.05, 0.1) is 21.2 Å². The van der Waals surface area contributed by atoms with Crippen molar-refractivity contribution in [3.05, 3.63) is 64.7 Å². The third-order valence-electron chi connectivity index (χ3n) is 3.12. The second-order valence-corrected chi connectivity index (χ2v) is 7.13. The van der Waals surface area contributed by atoms with Crippen molar-refractivity contribution < 1.29 is 31.5 Å². The molecule has 0 saturated heterocycles. The standard InChI is InChI=1S/C16H11ClF3NO4S/c17-13-6-5-11(16(18,19)20)9-14(13)21-26(24,25)12-3-1-2-10(8-12)4-7-15(22)23/h1-9,21H,(H,22,23)/b7-4+. The first-order valence-corrected chi connectivity index (χ1v) is 8.76. The number of rotatable bonds is 5. The Morgan fingerprint density at radius 2 is 1.85 bits per heavy atom. The maximum absolute atomic E-state index is 12.8. The lowest BCUT2D eigenvalue weighted by atomic mass is 10.2. The van der Waals surface area contributed by atoms with E-state index in [1.165, 1.54) is 30.3 Å². The van der Waals surface area contributed by atoms with Crippen molar-refractivity contribution in [3.8, 4) is 0 Å². The monoisotopic (exact) mass is 405 g/mol. The van der Waals surface area contributed by atoms with Gasteiger partial charge in [0.1, 0.15) is 0 Å². The molecule has 5 nitrogen and oxygen atoms in total. The van der Waals surface area contributed by atoms with Crippen LogP contribution in [0.25, 0.3) is 6.08 Å². The van der Waals surface area contributed by atoms with E-state index in [0.29, 0.717) is 6.07 Å². The van der Waals surface area contributed by atoms with Crippen LogP contribution in [0.3, 0.4) is 0 Å². The predicted molar refractivity (Wildman–Crippen MR) is 90.4 cm³/mol. The fraction of sp³-hybridized carbons (Fsp3) is 0.0625. The summed E-state index contributed by atoms with van der Waals surface area (Å²) in [4.78, 5) is 10.3. The first kappa shape index (κ1) is 19.8. The minimum atomic E-state index is -4.66. The first-order chi connectivity index (χ1) is 12.0. The number of hydrogen-bond acceptors (Lipinski definition) is 3. The molecule has 10 heteroatoms. The van der Waals surface area contributed by atoms with Crippen LogP contribution in [0, 0.1) is 0 Å². The topological polar surface area (TPSA) is 83.5 Å². The van der Waals surface area contributed by atoms with Crippen molar-refractivity contribution >= 4 is 39.4 Å². The van der Waals surface area contributed by atoms with Gasteiger partial charge in [-0.05, 0) is 42.0 Å². The molecule has 0 atom stereocenters. The first-order valence-electron chi connectivity index (χ1n) is 6.90. The molecule has 0 aliphatic rings. The van der Waals surface area contributed by atoms with Gasteiger partial charge in [-0.15, -0.1) is 0 Å².